The van der Waals surface area contributed by atoms with Gasteiger partial charge < -0.3 is 24.0 Å². The Hall–Kier alpha value is -1.18. The second kappa shape index (κ2) is 9.50. The molecule has 7 heteroatoms. The molecule has 0 rings (SSSR count). The van der Waals surface area contributed by atoms with E-state index in [2.05, 4.69) is 45.8 Å². The minimum Gasteiger partial charge on any atom is -0.444 e. The van der Waals surface area contributed by atoms with Crippen LogP contribution in [0.3, 0.4) is 0 Å². The maximum atomic E-state index is 12.1. The van der Waals surface area contributed by atoms with E-state index >= 15 is 0 Å². The van der Waals surface area contributed by atoms with Gasteiger partial charge in [0, 0.05) is 0 Å². The lowest BCUT2D eigenvalue weighted by Gasteiger charge is -2.39. The van der Waals surface area contributed by atoms with E-state index in [0.717, 1.165) is 6.29 Å². The number of hydrogen-bond donors (Lipinski definition) is 1. The summed E-state index contributed by atoms with van der Waals surface area (Å²) in [4.78, 5) is 23.8. The summed E-state index contributed by atoms with van der Waals surface area (Å²) in [6, 6.07) is -0.638. The van der Waals surface area contributed by atoms with Gasteiger partial charge in [-0.25, -0.2) is 4.79 Å². The smallest absolute Gasteiger partial charge is 0.408 e. The van der Waals surface area contributed by atoms with Crippen molar-refractivity contribution < 1.29 is 23.5 Å². The van der Waals surface area contributed by atoms with E-state index in [0.29, 0.717) is 6.61 Å². The molecule has 0 radical (unpaired) electrons. The molecule has 146 valence electrons. The molecular weight excluding hydrogens is 338 g/mol. The lowest BCUT2D eigenvalue weighted by molar-refractivity contribution is -0.116. The van der Waals surface area contributed by atoms with E-state index in [1.54, 1.807) is 26.8 Å². The average molecular weight is 374 g/mol. The van der Waals surface area contributed by atoms with E-state index in [4.69, 9.17) is 13.9 Å². The monoisotopic (exact) mass is 373 g/mol. The number of carbonyl (C=O) groups excluding carboxylic acids is 2. The number of ether oxygens (including phenoxy) is 2. The fraction of sp³-hybridized carbons (Fsp3) is 0.778. The Morgan fingerprint density at radius 3 is 2.16 bits per heavy atom. The molecule has 0 aliphatic rings. The van der Waals surface area contributed by atoms with Gasteiger partial charge in [-0.2, -0.15) is 0 Å². The lowest BCUT2D eigenvalue weighted by Crippen LogP contribution is -2.54. The molecule has 0 saturated carbocycles. The maximum absolute atomic E-state index is 12.1. The van der Waals surface area contributed by atoms with Crippen LogP contribution in [0.25, 0.3) is 0 Å². The van der Waals surface area contributed by atoms with E-state index in [1.165, 1.54) is 0 Å². The molecule has 0 spiro atoms. The Labute approximate surface area is 153 Å². The second-order valence-electron chi connectivity index (χ2n) is 8.56. The van der Waals surface area contributed by atoms with Crippen LogP contribution in [0.5, 0.6) is 0 Å². The zero-order chi connectivity index (χ0) is 19.9. The Bertz CT molecular complexity index is 451. The summed E-state index contributed by atoms with van der Waals surface area (Å²) < 4.78 is 16.9. The highest BCUT2D eigenvalue weighted by Gasteiger charge is 2.41. The topological polar surface area (TPSA) is 73.9 Å². The van der Waals surface area contributed by atoms with E-state index in [1.807, 2.05) is 0 Å². The number of alkyl carbamates (subject to hydrolysis) is 1. The Kier molecular flexibility index (Phi) is 9.05. The summed E-state index contributed by atoms with van der Waals surface area (Å²) in [7, 11) is -2.20. The highest BCUT2D eigenvalue weighted by Crippen LogP contribution is 2.37. The van der Waals surface area contributed by atoms with Gasteiger partial charge in [0.1, 0.15) is 18.0 Å². The molecule has 0 heterocycles. The van der Waals surface area contributed by atoms with Crippen molar-refractivity contribution in [2.45, 2.75) is 77.4 Å². The van der Waals surface area contributed by atoms with Gasteiger partial charge in [-0.05, 0) is 38.9 Å². The predicted molar refractivity (Wildman–Crippen MR) is 102 cm³/mol. The SMILES string of the molecule is C=CCOC[C@H](NC(=O)OC(C)(C)C)[C@@H](C=O)O[Si](C)(C)C(C)(C)C. The molecule has 0 unspecified atom stereocenters. The van der Waals surface area contributed by atoms with Gasteiger partial charge in [0.2, 0.25) is 0 Å². The Morgan fingerprint density at radius 2 is 1.76 bits per heavy atom. The number of rotatable bonds is 9. The molecule has 0 aliphatic heterocycles. The van der Waals surface area contributed by atoms with Crippen molar-refractivity contribution in [1.29, 1.82) is 0 Å². The van der Waals surface area contributed by atoms with Gasteiger partial charge in [-0.15, -0.1) is 6.58 Å². The largest absolute Gasteiger partial charge is 0.444 e. The quantitative estimate of drug-likeness (QED) is 0.289. The predicted octanol–water partition coefficient (Wildman–Crippen LogP) is 3.67. The van der Waals surface area contributed by atoms with Gasteiger partial charge in [-0.3, -0.25) is 0 Å². The number of nitrogens with one attached hydrogen (secondary N) is 1. The second-order valence-corrected chi connectivity index (χ2v) is 13.3. The summed E-state index contributed by atoms with van der Waals surface area (Å²) in [6.45, 7) is 19.7. The molecule has 0 fully saturated rings. The van der Waals surface area contributed by atoms with Gasteiger partial charge >= 0.3 is 6.09 Å². The van der Waals surface area contributed by atoms with Crippen LogP contribution in [0.2, 0.25) is 18.1 Å². The summed E-state index contributed by atoms with van der Waals surface area (Å²) in [6.07, 6.45) is 0.915. The first-order chi connectivity index (χ1) is 11.2. The van der Waals surface area contributed by atoms with Crippen LogP contribution < -0.4 is 5.32 Å². The molecule has 1 amide bonds. The van der Waals surface area contributed by atoms with Crippen molar-refractivity contribution in [3.8, 4) is 0 Å². The van der Waals surface area contributed by atoms with Gasteiger partial charge in [0.25, 0.3) is 0 Å². The first-order valence-corrected chi connectivity index (χ1v) is 11.5. The molecule has 0 aromatic rings. The van der Waals surface area contributed by atoms with E-state index in [9.17, 15) is 9.59 Å². The van der Waals surface area contributed by atoms with Crippen LogP contribution in [0, 0.1) is 0 Å². The molecule has 0 bridgehead atoms. The third kappa shape index (κ3) is 9.18. The minimum atomic E-state index is -2.20. The molecule has 0 aliphatic carbocycles. The van der Waals surface area contributed by atoms with Crippen molar-refractivity contribution >= 4 is 20.7 Å². The Morgan fingerprint density at radius 1 is 1.20 bits per heavy atom. The maximum Gasteiger partial charge on any atom is 0.408 e. The number of hydrogen-bond acceptors (Lipinski definition) is 5. The average Bonchev–Trinajstić information content (AvgIpc) is 2.40. The Balaban J connectivity index is 5.22. The lowest BCUT2D eigenvalue weighted by atomic mass is 10.2. The van der Waals surface area contributed by atoms with Crippen LogP contribution in [0.15, 0.2) is 12.7 Å². The highest BCUT2D eigenvalue weighted by molar-refractivity contribution is 6.74. The molecule has 1 N–H and O–H groups in total. The van der Waals surface area contributed by atoms with Crippen LogP contribution in [0.1, 0.15) is 41.5 Å². The highest BCUT2D eigenvalue weighted by atomic mass is 28.4. The summed E-state index contributed by atoms with van der Waals surface area (Å²) in [5, 5.41) is 2.64. The van der Waals surface area contributed by atoms with Crippen molar-refractivity contribution in [2.24, 2.45) is 0 Å². The van der Waals surface area contributed by atoms with Crippen molar-refractivity contribution in [2.75, 3.05) is 13.2 Å². The zero-order valence-corrected chi connectivity index (χ0v) is 18.0. The summed E-state index contributed by atoms with van der Waals surface area (Å²) >= 11 is 0. The van der Waals surface area contributed by atoms with Crippen LogP contribution in [-0.4, -0.2) is 51.7 Å². The summed E-state index contributed by atoms with van der Waals surface area (Å²) in [5.74, 6) is 0. The first kappa shape index (κ1) is 23.8. The van der Waals surface area contributed by atoms with Crippen LogP contribution in [0.4, 0.5) is 4.79 Å². The third-order valence-corrected chi connectivity index (χ3v) is 8.48. The normalized spacial score (nSPS) is 15.2. The molecule has 0 aromatic carbocycles. The standard InChI is InChI=1S/C18H35NO5Si/c1-10-11-22-13-14(19-16(21)23-17(2,3)4)15(12-20)24-25(8,9)18(5,6)7/h10,12,14-15H,1,11,13H2,2-9H3,(H,19,21)/t14-,15+/m0/s1. The van der Waals surface area contributed by atoms with Crippen molar-refractivity contribution in [1.82, 2.24) is 5.32 Å². The fourth-order valence-electron chi connectivity index (χ4n) is 1.68. The molecule has 2 atom stereocenters. The molecule has 6 nitrogen and oxygen atoms in total. The molecule has 0 aromatic heterocycles. The van der Waals surface area contributed by atoms with E-state index < -0.39 is 32.2 Å². The van der Waals surface area contributed by atoms with Gasteiger partial charge in [0.15, 0.2) is 8.32 Å². The first-order valence-electron chi connectivity index (χ1n) is 8.55. The van der Waals surface area contributed by atoms with Gasteiger partial charge in [-0.1, -0.05) is 26.8 Å². The summed E-state index contributed by atoms with van der Waals surface area (Å²) in [5.41, 5.74) is -0.631. The molecular formula is C18H35NO5Si. The molecule has 0 saturated heterocycles. The third-order valence-electron chi connectivity index (χ3n) is 4.00. The van der Waals surface area contributed by atoms with Crippen LogP contribution in [-0.2, 0) is 18.7 Å². The van der Waals surface area contributed by atoms with Crippen molar-refractivity contribution in [3.05, 3.63) is 12.7 Å². The fourth-order valence-corrected chi connectivity index (χ4v) is 2.93. The van der Waals surface area contributed by atoms with Gasteiger partial charge in [0.05, 0.1) is 19.3 Å². The van der Waals surface area contributed by atoms with Crippen molar-refractivity contribution in [3.63, 3.8) is 0 Å². The van der Waals surface area contributed by atoms with Crippen LogP contribution >= 0.6 is 0 Å². The number of aldehydes is 1. The van der Waals surface area contributed by atoms with E-state index in [-0.39, 0.29) is 11.6 Å². The zero-order valence-electron chi connectivity index (χ0n) is 17.0. The minimum absolute atomic E-state index is 0.0628. The number of carbonyl (C=O) groups is 2. The molecule has 25 heavy (non-hydrogen) atoms. The number of amides is 1.